The number of fused-ring (bicyclic) bond motifs is 1. The number of amides is 1. The van der Waals surface area contributed by atoms with Gasteiger partial charge >= 0.3 is 0 Å². The standard InChI is InChI=1S/C27H30N4O2/c1-30(2)17-26(32)31-13-9-18(10-14-31)25-16-23(27(33-25)19-7-11-29-12-8-19)21-3-5-22-20(15-21)4-6-24(22)28/h3,5,7-8,11-12,15-16,18,28H,4,6,9-10,13-14,17H2,1-2H3. The molecule has 3 aromatic rings. The number of nitrogens with one attached hydrogen (secondary N) is 1. The highest BCUT2D eigenvalue weighted by Crippen LogP contribution is 2.41. The van der Waals surface area contributed by atoms with Gasteiger partial charge in [0.25, 0.3) is 0 Å². The number of aryl methyl sites for hydroxylation is 1. The van der Waals surface area contributed by atoms with E-state index in [-0.39, 0.29) is 5.91 Å². The highest BCUT2D eigenvalue weighted by molar-refractivity contribution is 6.03. The summed E-state index contributed by atoms with van der Waals surface area (Å²) in [6, 6.07) is 12.6. The molecule has 3 heterocycles. The molecule has 33 heavy (non-hydrogen) atoms. The van der Waals surface area contributed by atoms with E-state index < -0.39 is 0 Å². The fourth-order valence-electron chi connectivity index (χ4n) is 4.98. The Morgan fingerprint density at radius 3 is 2.55 bits per heavy atom. The van der Waals surface area contributed by atoms with Crippen molar-refractivity contribution in [1.29, 1.82) is 5.41 Å². The lowest BCUT2D eigenvalue weighted by molar-refractivity contribution is -0.132. The van der Waals surface area contributed by atoms with E-state index in [9.17, 15) is 4.79 Å². The third-order valence-corrected chi connectivity index (χ3v) is 6.78. The Kier molecular flexibility index (Phi) is 5.85. The van der Waals surface area contributed by atoms with Crippen molar-refractivity contribution in [3.63, 3.8) is 0 Å². The average molecular weight is 443 g/mol. The lowest BCUT2D eigenvalue weighted by atomic mass is 9.92. The molecule has 1 aliphatic carbocycles. The van der Waals surface area contributed by atoms with Gasteiger partial charge in [-0.2, -0.15) is 0 Å². The predicted molar refractivity (Wildman–Crippen MR) is 130 cm³/mol. The second-order valence-corrected chi connectivity index (χ2v) is 9.37. The average Bonchev–Trinajstić information content (AvgIpc) is 3.43. The zero-order valence-electron chi connectivity index (χ0n) is 19.3. The van der Waals surface area contributed by atoms with E-state index in [0.29, 0.717) is 12.5 Å². The van der Waals surface area contributed by atoms with Gasteiger partial charge in [-0.05, 0) is 74.7 Å². The maximum absolute atomic E-state index is 12.4. The number of likely N-dealkylation sites (tertiary alicyclic amines) is 1. The first-order valence-electron chi connectivity index (χ1n) is 11.7. The number of hydrogen-bond donors (Lipinski definition) is 1. The maximum Gasteiger partial charge on any atom is 0.236 e. The zero-order chi connectivity index (χ0) is 22.9. The van der Waals surface area contributed by atoms with Gasteiger partial charge in [-0.15, -0.1) is 0 Å². The number of carbonyl (C=O) groups excluding carboxylic acids is 1. The van der Waals surface area contributed by atoms with Gasteiger partial charge in [0.15, 0.2) is 0 Å². The lowest BCUT2D eigenvalue weighted by Gasteiger charge is -2.31. The largest absolute Gasteiger partial charge is 0.460 e. The van der Waals surface area contributed by atoms with E-state index in [1.165, 1.54) is 5.56 Å². The van der Waals surface area contributed by atoms with E-state index in [4.69, 9.17) is 9.83 Å². The van der Waals surface area contributed by atoms with Crippen LogP contribution in [0.15, 0.2) is 53.2 Å². The Balaban J connectivity index is 1.44. The van der Waals surface area contributed by atoms with Crippen molar-refractivity contribution in [1.82, 2.24) is 14.8 Å². The summed E-state index contributed by atoms with van der Waals surface area (Å²) < 4.78 is 6.51. The van der Waals surface area contributed by atoms with Crippen LogP contribution in [0.1, 0.15) is 42.1 Å². The van der Waals surface area contributed by atoms with Gasteiger partial charge in [-0.1, -0.05) is 18.2 Å². The van der Waals surface area contributed by atoms with Gasteiger partial charge in [0.2, 0.25) is 5.91 Å². The molecule has 1 fully saturated rings. The van der Waals surface area contributed by atoms with Crippen molar-refractivity contribution in [2.24, 2.45) is 0 Å². The number of rotatable bonds is 5. The van der Waals surface area contributed by atoms with Gasteiger partial charge in [0.1, 0.15) is 11.5 Å². The van der Waals surface area contributed by atoms with Gasteiger partial charge in [-0.25, -0.2) is 0 Å². The summed E-state index contributed by atoms with van der Waals surface area (Å²) in [5, 5.41) is 8.15. The Labute approximate surface area is 194 Å². The normalized spacial score (nSPS) is 16.5. The quantitative estimate of drug-likeness (QED) is 0.627. The number of carbonyl (C=O) groups is 1. The molecule has 6 heteroatoms. The molecule has 0 unspecified atom stereocenters. The Hall–Kier alpha value is -3.25. The summed E-state index contributed by atoms with van der Waals surface area (Å²) >= 11 is 0. The minimum atomic E-state index is 0.194. The van der Waals surface area contributed by atoms with Crippen LogP contribution in [0.5, 0.6) is 0 Å². The highest BCUT2D eigenvalue weighted by atomic mass is 16.3. The highest BCUT2D eigenvalue weighted by Gasteiger charge is 2.28. The van der Waals surface area contributed by atoms with Crippen molar-refractivity contribution >= 4 is 11.6 Å². The first-order chi connectivity index (χ1) is 16.0. The number of nitrogens with zero attached hydrogens (tertiary/aromatic N) is 3. The number of furan rings is 1. The topological polar surface area (TPSA) is 73.4 Å². The van der Waals surface area contributed by atoms with Gasteiger partial charge < -0.3 is 19.6 Å². The Bertz CT molecular complexity index is 1170. The lowest BCUT2D eigenvalue weighted by Crippen LogP contribution is -2.42. The molecule has 1 aliphatic heterocycles. The number of hydrogen-bond acceptors (Lipinski definition) is 5. The van der Waals surface area contributed by atoms with E-state index in [0.717, 1.165) is 78.3 Å². The molecule has 0 saturated carbocycles. The Morgan fingerprint density at radius 1 is 1.06 bits per heavy atom. The molecule has 2 aliphatic rings. The third kappa shape index (κ3) is 4.35. The predicted octanol–water partition coefficient (Wildman–Crippen LogP) is 4.59. The van der Waals surface area contributed by atoms with Gasteiger partial charge in [0, 0.05) is 48.2 Å². The second-order valence-electron chi connectivity index (χ2n) is 9.37. The molecule has 1 aromatic carbocycles. The summed E-state index contributed by atoms with van der Waals surface area (Å²) in [7, 11) is 3.86. The summed E-state index contributed by atoms with van der Waals surface area (Å²) in [6.07, 6.45) is 7.14. The van der Waals surface area contributed by atoms with Crippen molar-refractivity contribution in [2.75, 3.05) is 33.7 Å². The van der Waals surface area contributed by atoms with Crippen LogP contribution >= 0.6 is 0 Å². The number of aromatic nitrogens is 1. The fourth-order valence-corrected chi connectivity index (χ4v) is 4.98. The van der Waals surface area contributed by atoms with Crippen LogP contribution in [0.4, 0.5) is 0 Å². The molecule has 0 atom stereocenters. The van der Waals surface area contributed by atoms with Crippen molar-refractivity contribution in [3.8, 4) is 22.5 Å². The van der Waals surface area contributed by atoms with Crippen LogP contribution in [-0.2, 0) is 11.2 Å². The first kappa shape index (κ1) is 21.6. The smallest absolute Gasteiger partial charge is 0.236 e. The van der Waals surface area contributed by atoms with E-state index in [1.807, 2.05) is 36.0 Å². The molecule has 1 N–H and O–H groups in total. The second kappa shape index (κ2) is 8.94. The van der Waals surface area contributed by atoms with Crippen LogP contribution in [0.25, 0.3) is 22.5 Å². The zero-order valence-corrected chi connectivity index (χ0v) is 19.3. The summed E-state index contributed by atoms with van der Waals surface area (Å²) in [5.74, 6) is 2.35. The number of benzene rings is 1. The molecule has 2 aromatic heterocycles. The van der Waals surface area contributed by atoms with E-state index in [2.05, 4.69) is 29.2 Å². The number of piperidine rings is 1. The molecule has 0 radical (unpaired) electrons. The molecular formula is C27H30N4O2. The van der Waals surface area contributed by atoms with Crippen LogP contribution < -0.4 is 0 Å². The first-order valence-corrected chi connectivity index (χ1v) is 11.7. The molecule has 5 rings (SSSR count). The SMILES string of the molecule is CN(C)CC(=O)N1CCC(c2cc(-c3ccc4c(c3)CCC4=N)c(-c3ccncc3)o2)CC1. The minimum absolute atomic E-state index is 0.194. The third-order valence-electron chi connectivity index (χ3n) is 6.78. The summed E-state index contributed by atoms with van der Waals surface area (Å²) in [5.41, 5.74) is 6.27. The molecule has 6 nitrogen and oxygen atoms in total. The van der Waals surface area contributed by atoms with Crippen LogP contribution in [-0.4, -0.2) is 60.1 Å². The summed E-state index contributed by atoms with van der Waals surface area (Å²) in [4.78, 5) is 20.5. The summed E-state index contributed by atoms with van der Waals surface area (Å²) in [6.45, 7) is 1.98. The molecule has 0 spiro atoms. The molecule has 170 valence electrons. The minimum Gasteiger partial charge on any atom is -0.460 e. The molecule has 1 amide bonds. The van der Waals surface area contributed by atoms with Gasteiger partial charge in [0.05, 0.1) is 6.54 Å². The van der Waals surface area contributed by atoms with Crippen molar-refractivity contribution in [2.45, 2.75) is 31.6 Å². The van der Waals surface area contributed by atoms with Crippen molar-refractivity contribution < 1.29 is 9.21 Å². The van der Waals surface area contributed by atoms with E-state index in [1.54, 1.807) is 12.4 Å². The molecule has 0 bridgehead atoms. The van der Waals surface area contributed by atoms with Crippen LogP contribution in [0.2, 0.25) is 0 Å². The molecular weight excluding hydrogens is 412 g/mol. The van der Waals surface area contributed by atoms with Crippen LogP contribution in [0.3, 0.4) is 0 Å². The van der Waals surface area contributed by atoms with Crippen molar-refractivity contribution in [3.05, 3.63) is 65.7 Å². The maximum atomic E-state index is 12.4. The monoisotopic (exact) mass is 442 g/mol. The Morgan fingerprint density at radius 2 is 1.82 bits per heavy atom. The van der Waals surface area contributed by atoms with Gasteiger partial charge in [-0.3, -0.25) is 9.78 Å². The number of pyridine rings is 1. The van der Waals surface area contributed by atoms with E-state index >= 15 is 0 Å². The molecule has 1 saturated heterocycles. The number of likely N-dealkylation sites (N-methyl/N-ethyl adjacent to an activating group) is 1. The fraction of sp³-hybridized carbons (Fsp3) is 0.370. The van der Waals surface area contributed by atoms with Crippen LogP contribution in [0, 0.1) is 5.41 Å².